The van der Waals surface area contributed by atoms with E-state index in [2.05, 4.69) is 10.2 Å². The minimum absolute atomic E-state index is 0.134. The Bertz CT molecular complexity index is 819. The predicted molar refractivity (Wildman–Crippen MR) is 80.3 cm³/mol. The summed E-state index contributed by atoms with van der Waals surface area (Å²) in [5.74, 6) is -2.42. The molecule has 26 heavy (non-hydrogen) atoms. The van der Waals surface area contributed by atoms with E-state index in [9.17, 15) is 28.1 Å². The summed E-state index contributed by atoms with van der Waals surface area (Å²) in [4.78, 5) is 24.1. The minimum Gasteiger partial charge on any atom is -0.417 e. The molecule has 1 saturated heterocycles. The molecule has 1 unspecified atom stereocenters. The Kier molecular flexibility index (Phi) is 4.62. The van der Waals surface area contributed by atoms with Crippen molar-refractivity contribution < 1.29 is 27.3 Å². The summed E-state index contributed by atoms with van der Waals surface area (Å²) in [6.45, 7) is 0.557. The molecule has 1 amide bonds. The zero-order chi connectivity index (χ0) is 18.9. The second-order valence-corrected chi connectivity index (χ2v) is 5.84. The molecule has 0 radical (unpaired) electrons. The zero-order valence-corrected chi connectivity index (χ0v) is 13.3. The van der Waals surface area contributed by atoms with Gasteiger partial charge in [0.05, 0.1) is 10.8 Å². The van der Waals surface area contributed by atoms with E-state index in [4.69, 9.17) is 4.42 Å². The van der Waals surface area contributed by atoms with Gasteiger partial charge in [0.15, 0.2) is 0 Å². The Morgan fingerprint density at radius 3 is 2.54 bits per heavy atom. The van der Waals surface area contributed by atoms with Gasteiger partial charge in [-0.1, -0.05) is 0 Å². The SMILES string of the molecule is O=C(c1ccc([N+](=O)[O-])cc1)N1CCCC(c2nnc(C(F)(F)F)o2)C1. The first-order valence-electron chi connectivity index (χ1n) is 7.70. The molecule has 0 bridgehead atoms. The Morgan fingerprint density at radius 2 is 1.96 bits per heavy atom. The highest BCUT2D eigenvalue weighted by Crippen LogP contribution is 2.32. The van der Waals surface area contributed by atoms with Gasteiger partial charge >= 0.3 is 12.1 Å². The van der Waals surface area contributed by atoms with Crippen molar-refractivity contribution in [3.05, 3.63) is 51.7 Å². The molecule has 138 valence electrons. The Balaban J connectivity index is 1.72. The molecule has 1 aliphatic rings. The monoisotopic (exact) mass is 370 g/mol. The Labute approximate surface area is 144 Å². The number of nitro benzene ring substituents is 1. The molecule has 0 N–H and O–H groups in total. The fourth-order valence-electron chi connectivity index (χ4n) is 2.79. The summed E-state index contributed by atoms with van der Waals surface area (Å²) in [5.41, 5.74) is 0.126. The van der Waals surface area contributed by atoms with E-state index in [1.165, 1.54) is 29.2 Å². The molecule has 1 atom stereocenters. The average molecular weight is 370 g/mol. The largest absolute Gasteiger partial charge is 0.470 e. The van der Waals surface area contributed by atoms with Crippen LogP contribution in [0.2, 0.25) is 0 Å². The summed E-state index contributed by atoms with van der Waals surface area (Å²) in [6, 6.07) is 5.14. The summed E-state index contributed by atoms with van der Waals surface area (Å²) in [7, 11) is 0. The van der Waals surface area contributed by atoms with Gasteiger partial charge in [0.2, 0.25) is 5.89 Å². The zero-order valence-electron chi connectivity index (χ0n) is 13.3. The number of hydrogen-bond donors (Lipinski definition) is 0. The molecule has 11 heteroatoms. The van der Waals surface area contributed by atoms with E-state index < -0.39 is 22.9 Å². The number of nitrogens with zero attached hydrogens (tertiary/aromatic N) is 4. The van der Waals surface area contributed by atoms with Crippen LogP contribution in [-0.2, 0) is 6.18 Å². The summed E-state index contributed by atoms with van der Waals surface area (Å²) in [5, 5.41) is 17.1. The number of carbonyl (C=O) groups is 1. The number of halogens is 3. The van der Waals surface area contributed by atoms with Crippen molar-refractivity contribution in [2.24, 2.45) is 0 Å². The number of benzene rings is 1. The Hall–Kier alpha value is -2.98. The van der Waals surface area contributed by atoms with Crippen LogP contribution < -0.4 is 0 Å². The normalized spacial score (nSPS) is 18.0. The quantitative estimate of drug-likeness (QED) is 0.608. The minimum atomic E-state index is -4.71. The molecule has 2 aromatic rings. The molecular formula is C15H13F3N4O4. The highest BCUT2D eigenvalue weighted by Gasteiger charge is 2.39. The number of rotatable bonds is 3. The summed E-state index contributed by atoms with van der Waals surface area (Å²) >= 11 is 0. The van der Waals surface area contributed by atoms with Crippen molar-refractivity contribution in [2.45, 2.75) is 24.9 Å². The van der Waals surface area contributed by atoms with Gasteiger partial charge < -0.3 is 9.32 Å². The first-order chi connectivity index (χ1) is 12.3. The number of carbonyl (C=O) groups excluding carboxylic acids is 1. The third kappa shape index (κ3) is 3.65. The van der Waals surface area contributed by atoms with Crippen LogP contribution in [0.5, 0.6) is 0 Å². The van der Waals surface area contributed by atoms with Crippen LogP contribution in [0.15, 0.2) is 28.7 Å². The third-order valence-electron chi connectivity index (χ3n) is 4.07. The molecular weight excluding hydrogens is 357 g/mol. The van der Waals surface area contributed by atoms with Gasteiger partial charge in [0.25, 0.3) is 11.6 Å². The van der Waals surface area contributed by atoms with E-state index in [0.717, 1.165) is 0 Å². The van der Waals surface area contributed by atoms with Crippen molar-refractivity contribution >= 4 is 11.6 Å². The van der Waals surface area contributed by atoms with Crippen molar-refractivity contribution in [2.75, 3.05) is 13.1 Å². The molecule has 1 fully saturated rings. The molecule has 0 spiro atoms. The van der Waals surface area contributed by atoms with Crippen LogP contribution >= 0.6 is 0 Å². The van der Waals surface area contributed by atoms with Crippen LogP contribution in [-0.4, -0.2) is 39.0 Å². The average Bonchev–Trinajstić information content (AvgIpc) is 3.12. The van der Waals surface area contributed by atoms with E-state index in [-0.39, 0.29) is 29.6 Å². The van der Waals surface area contributed by atoms with E-state index in [1.807, 2.05) is 0 Å². The molecule has 3 rings (SSSR count). The van der Waals surface area contributed by atoms with Crippen LogP contribution in [0.1, 0.15) is 40.9 Å². The number of aromatic nitrogens is 2. The molecule has 1 aromatic heterocycles. The lowest BCUT2D eigenvalue weighted by Crippen LogP contribution is -2.39. The van der Waals surface area contributed by atoms with Gasteiger partial charge in [-0.15, -0.1) is 10.2 Å². The van der Waals surface area contributed by atoms with Crippen molar-refractivity contribution in [3.8, 4) is 0 Å². The maximum absolute atomic E-state index is 12.6. The first kappa shape index (κ1) is 17.8. The number of amides is 1. The second kappa shape index (κ2) is 6.73. The Morgan fingerprint density at radius 1 is 1.27 bits per heavy atom. The number of alkyl halides is 3. The smallest absolute Gasteiger partial charge is 0.417 e. The van der Waals surface area contributed by atoms with Gasteiger partial charge in [-0.25, -0.2) is 0 Å². The fraction of sp³-hybridized carbons (Fsp3) is 0.400. The number of hydrogen-bond acceptors (Lipinski definition) is 6. The fourth-order valence-corrected chi connectivity index (χ4v) is 2.79. The van der Waals surface area contributed by atoms with E-state index in [0.29, 0.717) is 19.4 Å². The van der Waals surface area contributed by atoms with Crippen molar-refractivity contribution in [3.63, 3.8) is 0 Å². The molecule has 0 aliphatic carbocycles. The highest BCUT2D eigenvalue weighted by molar-refractivity contribution is 5.94. The van der Waals surface area contributed by atoms with E-state index >= 15 is 0 Å². The van der Waals surface area contributed by atoms with Crippen LogP contribution in [0.25, 0.3) is 0 Å². The van der Waals surface area contributed by atoms with E-state index in [1.54, 1.807) is 0 Å². The predicted octanol–water partition coefficient (Wildman–Crippen LogP) is 3.02. The maximum atomic E-state index is 12.6. The first-order valence-corrected chi connectivity index (χ1v) is 7.70. The number of non-ortho nitro benzene ring substituents is 1. The molecule has 0 saturated carbocycles. The molecule has 8 nitrogen and oxygen atoms in total. The molecule has 1 aromatic carbocycles. The van der Waals surface area contributed by atoms with Crippen LogP contribution in [0, 0.1) is 10.1 Å². The summed E-state index contributed by atoms with van der Waals surface area (Å²) in [6.07, 6.45) is -3.63. The lowest BCUT2D eigenvalue weighted by Gasteiger charge is -2.31. The van der Waals surface area contributed by atoms with Gasteiger partial charge in [0.1, 0.15) is 0 Å². The summed E-state index contributed by atoms with van der Waals surface area (Å²) < 4.78 is 42.4. The van der Waals surface area contributed by atoms with Crippen LogP contribution in [0.4, 0.5) is 18.9 Å². The third-order valence-corrected chi connectivity index (χ3v) is 4.07. The van der Waals surface area contributed by atoms with Gasteiger partial charge in [0, 0.05) is 30.8 Å². The second-order valence-electron chi connectivity index (χ2n) is 5.84. The maximum Gasteiger partial charge on any atom is 0.470 e. The van der Waals surface area contributed by atoms with Crippen LogP contribution in [0.3, 0.4) is 0 Å². The number of likely N-dealkylation sites (tertiary alicyclic amines) is 1. The highest BCUT2D eigenvalue weighted by atomic mass is 19.4. The number of piperidine rings is 1. The van der Waals surface area contributed by atoms with Crippen molar-refractivity contribution in [1.29, 1.82) is 0 Å². The standard InChI is InChI=1S/C15H13F3N4O4/c16-15(17,18)14-20-19-12(26-14)10-2-1-7-21(8-10)13(23)9-3-5-11(6-4-9)22(24)25/h3-6,10H,1-2,7-8H2. The number of nitro groups is 1. The van der Waals surface area contributed by atoms with Crippen molar-refractivity contribution in [1.82, 2.24) is 15.1 Å². The van der Waals surface area contributed by atoms with Gasteiger partial charge in [-0.2, -0.15) is 13.2 Å². The molecule has 1 aliphatic heterocycles. The lowest BCUT2D eigenvalue weighted by molar-refractivity contribution is -0.384. The topological polar surface area (TPSA) is 102 Å². The lowest BCUT2D eigenvalue weighted by atomic mass is 9.97. The van der Waals surface area contributed by atoms with Gasteiger partial charge in [-0.05, 0) is 25.0 Å². The molecule has 2 heterocycles. The van der Waals surface area contributed by atoms with Gasteiger partial charge in [-0.3, -0.25) is 14.9 Å².